The van der Waals surface area contributed by atoms with E-state index >= 15 is 0 Å². The number of aromatic nitrogens is 1. The van der Waals surface area contributed by atoms with Gasteiger partial charge in [0.25, 0.3) is 0 Å². The van der Waals surface area contributed by atoms with Crippen LogP contribution in [0.15, 0.2) is 42.7 Å². The molecule has 1 aromatic heterocycles. The van der Waals surface area contributed by atoms with Gasteiger partial charge >= 0.3 is 6.18 Å². The fourth-order valence-electron chi connectivity index (χ4n) is 1.44. The first kappa shape index (κ1) is 11.4. The number of alkyl halides is 3. The number of aromatic amines is 1. The van der Waals surface area contributed by atoms with Crippen molar-refractivity contribution < 1.29 is 18.0 Å². The number of carbonyl (C=O) groups is 1. The normalized spacial score (nSPS) is 11.5. The maximum absolute atomic E-state index is 12.3. The maximum Gasteiger partial charge on any atom is 0.416 e. The standard InChI is InChI=1S/C12H8F3NO/c13-12(14,15)10-3-1-8(2-4-10)11(17)9-5-6-16-7-9/h1-7,16H. The number of nitrogens with one attached hydrogen (secondary N) is 1. The summed E-state index contributed by atoms with van der Waals surface area (Å²) < 4.78 is 36.9. The molecular weight excluding hydrogens is 231 g/mol. The quantitative estimate of drug-likeness (QED) is 0.801. The van der Waals surface area contributed by atoms with E-state index in [1.54, 1.807) is 12.3 Å². The molecule has 0 bridgehead atoms. The predicted octanol–water partition coefficient (Wildman–Crippen LogP) is 3.26. The summed E-state index contributed by atoms with van der Waals surface area (Å²) in [6, 6.07) is 5.73. The van der Waals surface area contributed by atoms with Crippen LogP contribution in [0, 0.1) is 0 Å². The van der Waals surface area contributed by atoms with Gasteiger partial charge in [-0.05, 0) is 18.2 Å². The number of ketones is 1. The van der Waals surface area contributed by atoms with Gasteiger partial charge in [-0.3, -0.25) is 4.79 Å². The highest BCUT2D eigenvalue weighted by molar-refractivity contribution is 6.08. The van der Waals surface area contributed by atoms with Crippen molar-refractivity contribution in [2.75, 3.05) is 0 Å². The SMILES string of the molecule is O=C(c1ccc(C(F)(F)F)cc1)c1cc[nH]c1. The van der Waals surface area contributed by atoms with Crippen molar-refractivity contribution in [3.05, 3.63) is 59.4 Å². The second-order valence-corrected chi connectivity index (χ2v) is 3.50. The molecule has 0 fully saturated rings. The van der Waals surface area contributed by atoms with Crippen LogP contribution in [0.4, 0.5) is 13.2 Å². The van der Waals surface area contributed by atoms with Crippen LogP contribution < -0.4 is 0 Å². The number of rotatable bonds is 2. The Bertz CT molecular complexity index is 512. The van der Waals surface area contributed by atoms with E-state index in [0.717, 1.165) is 12.1 Å². The third kappa shape index (κ3) is 2.38. The highest BCUT2D eigenvalue weighted by Gasteiger charge is 2.30. The second-order valence-electron chi connectivity index (χ2n) is 3.50. The van der Waals surface area contributed by atoms with Gasteiger partial charge < -0.3 is 4.98 Å². The minimum absolute atomic E-state index is 0.234. The number of H-pyrrole nitrogens is 1. The van der Waals surface area contributed by atoms with Gasteiger partial charge in [0.2, 0.25) is 0 Å². The largest absolute Gasteiger partial charge is 0.416 e. The fraction of sp³-hybridized carbons (Fsp3) is 0.0833. The van der Waals surface area contributed by atoms with Crippen LogP contribution >= 0.6 is 0 Å². The molecule has 88 valence electrons. The Kier molecular flexibility index (Phi) is 2.75. The van der Waals surface area contributed by atoms with E-state index in [9.17, 15) is 18.0 Å². The number of hydrogen-bond acceptors (Lipinski definition) is 1. The molecule has 5 heteroatoms. The lowest BCUT2D eigenvalue weighted by molar-refractivity contribution is -0.137. The van der Waals surface area contributed by atoms with Crippen LogP contribution in [-0.2, 0) is 6.18 Å². The van der Waals surface area contributed by atoms with E-state index in [4.69, 9.17) is 0 Å². The summed E-state index contributed by atoms with van der Waals surface area (Å²) in [4.78, 5) is 14.5. The third-order valence-electron chi connectivity index (χ3n) is 2.33. The lowest BCUT2D eigenvalue weighted by atomic mass is 10.0. The summed E-state index contributed by atoms with van der Waals surface area (Å²) in [6.45, 7) is 0. The van der Waals surface area contributed by atoms with E-state index in [2.05, 4.69) is 4.98 Å². The van der Waals surface area contributed by atoms with E-state index in [-0.39, 0.29) is 11.3 Å². The molecule has 0 aliphatic carbocycles. The van der Waals surface area contributed by atoms with Crippen molar-refractivity contribution in [3.8, 4) is 0 Å². The van der Waals surface area contributed by atoms with E-state index < -0.39 is 11.7 Å². The van der Waals surface area contributed by atoms with Crippen LogP contribution in [-0.4, -0.2) is 10.8 Å². The highest BCUT2D eigenvalue weighted by Crippen LogP contribution is 2.29. The van der Waals surface area contributed by atoms with E-state index in [1.165, 1.54) is 18.3 Å². The molecule has 1 aromatic carbocycles. The summed E-state index contributed by atoms with van der Waals surface area (Å²) in [6.07, 6.45) is -1.30. The molecule has 0 spiro atoms. The molecule has 2 aromatic rings. The molecule has 0 aliphatic heterocycles. The van der Waals surface area contributed by atoms with Gasteiger partial charge in [0.15, 0.2) is 5.78 Å². The van der Waals surface area contributed by atoms with Crippen molar-refractivity contribution >= 4 is 5.78 Å². The Labute approximate surface area is 95.1 Å². The molecule has 0 saturated heterocycles. The van der Waals surface area contributed by atoms with Crippen LogP contribution in [0.25, 0.3) is 0 Å². The molecule has 2 nitrogen and oxygen atoms in total. The Balaban J connectivity index is 2.28. The average Bonchev–Trinajstić information content (AvgIpc) is 2.80. The van der Waals surface area contributed by atoms with Crippen molar-refractivity contribution in [2.24, 2.45) is 0 Å². The molecule has 0 radical (unpaired) electrons. The lowest BCUT2D eigenvalue weighted by Crippen LogP contribution is -2.06. The van der Waals surface area contributed by atoms with Gasteiger partial charge in [0, 0.05) is 23.5 Å². The van der Waals surface area contributed by atoms with E-state index in [1.807, 2.05) is 0 Å². The first-order valence-electron chi connectivity index (χ1n) is 4.83. The van der Waals surface area contributed by atoms with Gasteiger partial charge in [-0.2, -0.15) is 13.2 Å². The van der Waals surface area contributed by atoms with E-state index in [0.29, 0.717) is 5.56 Å². The summed E-state index contributed by atoms with van der Waals surface area (Å²) in [5.41, 5.74) is -0.106. The summed E-state index contributed by atoms with van der Waals surface area (Å²) >= 11 is 0. The molecule has 0 atom stereocenters. The highest BCUT2D eigenvalue weighted by atomic mass is 19.4. The smallest absolute Gasteiger partial charge is 0.367 e. The number of halogens is 3. The molecule has 1 heterocycles. The van der Waals surface area contributed by atoms with Gasteiger partial charge in [-0.15, -0.1) is 0 Å². The molecule has 0 amide bonds. The topological polar surface area (TPSA) is 32.9 Å². The molecule has 0 unspecified atom stereocenters. The maximum atomic E-state index is 12.3. The Morgan fingerprint density at radius 2 is 1.65 bits per heavy atom. The Morgan fingerprint density at radius 3 is 2.12 bits per heavy atom. The van der Waals surface area contributed by atoms with Gasteiger partial charge in [-0.1, -0.05) is 12.1 Å². The molecule has 17 heavy (non-hydrogen) atoms. The Hall–Kier alpha value is -2.04. The molecule has 1 N–H and O–H groups in total. The number of carbonyl (C=O) groups excluding carboxylic acids is 1. The summed E-state index contributed by atoms with van der Waals surface area (Å²) in [7, 11) is 0. The summed E-state index contributed by atoms with van der Waals surface area (Å²) in [5.74, 6) is -0.306. The van der Waals surface area contributed by atoms with Crippen LogP contribution in [0.5, 0.6) is 0 Å². The molecule has 0 saturated carbocycles. The minimum Gasteiger partial charge on any atom is -0.367 e. The van der Waals surface area contributed by atoms with Gasteiger partial charge in [0.1, 0.15) is 0 Å². The van der Waals surface area contributed by atoms with Crippen molar-refractivity contribution in [1.29, 1.82) is 0 Å². The average molecular weight is 239 g/mol. The number of hydrogen-bond donors (Lipinski definition) is 1. The Morgan fingerprint density at radius 1 is 1.00 bits per heavy atom. The zero-order valence-electron chi connectivity index (χ0n) is 8.58. The van der Waals surface area contributed by atoms with Gasteiger partial charge in [0.05, 0.1) is 5.56 Å². The lowest BCUT2D eigenvalue weighted by Gasteiger charge is -2.06. The first-order chi connectivity index (χ1) is 7.98. The minimum atomic E-state index is -4.38. The molecule has 2 rings (SSSR count). The van der Waals surface area contributed by atoms with Crippen molar-refractivity contribution in [1.82, 2.24) is 4.98 Å². The van der Waals surface area contributed by atoms with Crippen LogP contribution in [0.3, 0.4) is 0 Å². The van der Waals surface area contributed by atoms with Crippen LogP contribution in [0.2, 0.25) is 0 Å². The van der Waals surface area contributed by atoms with Gasteiger partial charge in [-0.25, -0.2) is 0 Å². The zero-order chi connectivity index (χ0) is 12.5. The van der Waals surface area contributed by atoms with Crippen molar-refractivity contribution in [2.45, 2.75) is 6.18 Å². The molecular formula is C12H8F3NO. The summed E-state index contributed by atoms with van der Waals surface area (Å²) in [5, 5.41) is 0. The second kappa shape index (κ2) is 4.08. The zero-order valence-corrected chi connectivity index (χ0v) is 8.58. The van der Waals surface area contributed by atoms with Crippen LogP contribution in [0.1, 0.15) is 21.5 Å². The monoisotopic (exact) mass is 239 g/mol. The van der Waals surface area contributed by atoms with Crippen molar-refractivity contribution in [3.63, 3.8) is 0 Å². The number of benzene rings is 1. The first-order valence-corrected chi connectivity index (χ1v) is 4.83. The molecule has 0 aliphatic rings. The predicted molar refractivity (Wildman–Crippen MR) is 55.7 cm³/mol. The fourth-order valence-corrected chi connectivity index (χ4v) is 1.44. The third-order valence-corrected chi connectivity index (χ3v) is 2.33.